The van der Waals surface area contributed by atoms with Gasteiger partial charge >= 0.3 is 0 Å². The van der Waals surface area contributed by atoms with Gasteiger partial charge in [-0.15, -0.1) is 0 Å². The van der Waals surface area contributed by atoms with Gasteiger partial charge in [-0.2, -0.15) is 0 Å². The Morgan fingerprint density at radius 2 is 1.50 bits per heavy atom. The summed E-state index contributed by atoms with van der Waals surface area (Å²) in [5.74, 6) is 0. The summed E-state index contributed by atoms with van der Waals surface area (Å²) in [5.41, 5.74) is 6.89. The second-order valence-electron chi connectivity index (χ2n) is 6.27. The molecule has 0 spiro atoms. The van der Waals surface area contributed by atoms with Gasteiger partial charge in [-0.25, -0.2) is 0 Å². The van der Waals surface area contributed by atoms with E-state index >= 15 is 0 Å². The SMILES string of the molecule is CC(C)(C)[CH]C(O)(c1ccccc1)c1cccc(N)c1. The Morgan fingerprint density at radius 1 is 0.900 bits per heavy atom. The van der Waals surface area contributed by atoms with Gasteiger partial charge in [0.15, 0.2) is 0 Å². The van der Waals surface area contributed by atoms with Gasteiger partial charge < -0.3 is 10.8 Å². The fourth-order valence-corrected chi connectivity index (χ4v) is 2.43. The van der Waals surface area contributed by atoms with Gasteiger partial charge in [0, 0.05) is 12.1 Å². The monoisotopic (exact) mass is 268 g/mol. The summed E-state index contributed by atoms with van der Waals surface area (Å²) in [6, 6.07) is 17.1. The van der Waals surface area contributed by atoms with Crippen LogP contribution in [0.25, 0.3) is 0 Å². The molecule has 3 N–H and O–H groups in total. The van der Waals surface area contributed by atoms with E-state index in [1.165, 1.54) is 0 Å². The molecule has 2 rings (SSSR count). The van der Waals surface area contributed by atoms with E-state index in [2.05, 4.69) is 20.8 Å². The van der Waals surface area contributed by atoms with Crippen molar-refractivity contribution in [2.24, 2.45) is 5.41 Å². The number of hydrogen-bond acceptors (Lipinski definition) is 2. The van der Waals surface area contributed by atoms with Gasteiger partial charge in [-0.3, -0.25) is 0 Å². The Morgan fingerprint density at radius 3 is 2.05 bits per heavy atom. The van der Waals surface area contributed by atoms with Crippen molar-refractivity contribution in [1.82, 2.24) is 0 Å². The minimum Gasteiger partial charge on any atom is -0.399 e. The molecule has 0 aliphatic heterocycles. The van der Waals surface area contributed by atoms with E-state index in [0.29, 0.717) is 5.69 Å². The summed E-state index contributed by atoms with van der Waals surface area (Å²) < 4.78 is 0. The Bertz CT molecular complexity index is 571. The van der Waals surface area contributed by atoms with Gasteiger partial charge in [-0.1, -0.05) is 63.2 Å². The van der Waals surface area contributed by atoms with E-state index < -0.39 is 5.60 Å². The number of hydrogen-bond donors (Lipinski definition) is 2. The highest BCUT2D eigenvalue weighted by Gasteiger charge is 2.36. The van der Waals surface area contributed by atoms with Crippen molar-refractivity contribution < 1.29 is 5.11 Å². The predicted octanol–water partition coefficient (Wildman–Crippen LogP) is 3.76. The summed E-state index contributed by atoms with van der Waals surface area (Å²) in [6.45, 7) is 6.23. The van der Waals surface area contributed by atoms with Gasteiger partial charge in [0.1, 0.15) is 5.60 Å². The summed E-state index contributed by atoms with van der Waals surface area (Å²) in [4.78, 5) is 0. The number of nitrogens with two attached hydrogens (primary N) is 1. The average molecular weight is 268 g/mol. The molecule has 0 aliphatic carbocycles. The lowest BCUT2D eigenvalue weighted by Crippen LogP contribution is -2.33. The molecule has 105 valence electrons. The Kier molecular flexibility index (Phi) is 3.87. The van der Waals surface area contributed by atoms with Crippen molar-refractivity contribution in [3.05, 3.63) is 72.1 Å². The third-order valence-corrected chi connectivity index (χ3v) is 3.18. The standard InChI is InChI=1S/C18H22NO/c1-17(2,3)13-18(20,14-8-5-4-6-9-14)15-10-7-11-16(19)12-15/h4-13,20H,19H2,1-3H3. The van der Waals surface area contributed by atoms with Gasteiger partial charge in [0.2, 0.25) is 0 Å². The topological polar surface area (TPSA) is 46.2 Å². The smallest absolute Gasteiger partial charge is 0.118 e. The van der Waals surface area contributed by atoms with Crippen LogP contribution in [0.3, 0.4) is 0 Å². The van der Waals surface area contributed by atoms with Crippen LogP contribution in [0, 0.1) is 11.8 Å². The first kappa shape index (κ1) is 14.6. The van der Waals surface area contributed by atoms with Crippen LogP contribution in [0.2, 0.25) is 0 Å². The molecule has 1 radical (unpaired) electrons. The maximum atomic E-state index is 11.3. The van der Waals surface area contributed by atoms with E-state index in [1.807, 2.05) is 61.0 Å². The molecule has 0 amide bonds. The molecule has 2 aromatic carbocycles. The maximum Gasteiger partial charge on any atom is 0.118 e. The van der Waals surface area contributed by atoms with Crippen LogP contribution in [0.1, 0.15) is 31.9 Å². The number of rotatable bonds is 3. The van der Waals surface area contributed by atoms with E-state index in [4.69, 9.17) is 5.73 Å². The largest absolute Gasteiger partial charge is 0.399 e. The van der Waals surface area contributed by atoms with Crippen LogP contribution in [0.5, 0.6) is 0 Å². The number of nitrogen functional groups attached to an aromatic ring is 1. The highest BCUT2D eigenvalue weighted by molar-refractivity contribution is 5.48. The molecule has 0 aromatic heterocycles. The molecule has 2 heteroatoms. The second kappa shape index (κ2) is 5.29. The fourth-order valence-electron chi connectivity index (χ4n) is 2.43. The summed E-state index contributed by atoms with van der Waals surface area (Å²) in [5, 5.41) is 11.3. The Labute approximate surface area is 121 Å². The van der Waals surface area contributed by atoms with Crippen LogP contribution in [0.4, 0.5) is 5.69 Å². The van der Waals surface area contributed by atoms with Crippen molar-refractivity contribution >= 4 is 5.69 Å². The third-order valence-electron chi connectivity index (χ3n) is 3.18. The second-order valence-corrected chi connectivity index (χ2v) is 6.27. The normalized spacial score (nSPS) is 14.8. The predicted molar refractivity (Wildman–Crippen MR) is 84.1 cm³/mol. The number of aliphatic hydroxyl groups is 1. The maximum absolute atomic E-state index is 11.3. The van der Waals surface area contributed by atoms with E-state index in [1.54, 1.807) is 0 Å². The minimum absolute atomic E-state index is 0.130. The zero-order valence-electron chi connectivity index (χ0n) is 12.3. The third kappa shape index (κ3) is 3.20. The van der Waals surface area contributed by atoms with Crippen LogP contribution < -0.4 is 5.73 Å². The van der Waals surface area contributed by atoms with Crippen molar-refractivity contribution in [1.29, 1.82) is 0 Å². The molecule has 0 fully saturated rings. The lowest BCUT2D eigenvalue weighted by molar-refractivity contribution is 0.0929. The van der Waals surface area contributed by atoms with Crippen molar-refractivity contribution in [3.63, 3.8) is 0 Å². The molecule has 0 saturated carbocycles. The first-order valence-corrected chi connectivity index (χ1v) is 6.82. The quantitative estimate of drug-likeness (QED) is 0.833. The molecule has 1 atom stereocenters. The first-order chi connectivity index (χ1) is 9.31. The average Bonchev–Trinajstić information content (AvgIpc) is 2.38. The number of benzene rings is 2. The van der Waals surface area contributed by atoms with Gasteiger partial charge in [0.25, 0.3) is 0 Å². The van der Waals surface area contributed by atoms with E-state index in [0.717, 1.165) is 11.1 Å². The summed E-state index contributed by atoms with van der Waals surface area (Å²) in [6.07, 6.45) is 1.96. The van der Waals surface area contributed by atoms with Crippen LogP contribution in [-0.4, -0.2) is 5.11 Å². The van der Waals surface area contributed by atoms with E-state index in [-0.39, 0.29) is 5.41 Å². The molecule has 0 heterocycles. The van der Waals surface area contributed by atoms with E-state index in [9.17, 15) is 5.11 Å². The summed E-state index contributed by atoms with van der Waals surface area (Å²) >= 11 is 0. The van der Waals surface area contributed by atoms with Crippen molar-refractivity contribution in [3.8, 4) is 0 Å². The van der Waals surface area contributed by atoms with Gasteiger partial charge in [0.05, 0.1) is 0 Å². The summed E-state index contributed by atoms with van der Waals surface area (Å²) in [7, 11) is 0. The zero-order chi connectivity index (χ0) is 14.8. The minimum atomic E-state index is -1.14. The lowest BCUT2D eigenvalue weighted by Gasteiger charge is -2.35. The zero-order valence-corrected chi connectivity index (χ0v) is 12.3. The highest BCUT2D eigenvalue weighted by atomic mass is 16.3. The molecular formula is C18H22NO. The Hall–Kier alpha value is -1.80. The van der Waals surface area contributed by atoms with Crippen LogP contribution in [0.15, 0.2) is 54.6 Å². The lowest BCUT2D eigenvalue weighted by atomic mass is 9.74. The van der Waals surface area contributed by atoms with Crippen LogP contribution in [-0.2, 0) is 5.60 Å². The molecule has 2 aromatic rings. The van der Waals surface area contributed by atoms with Crippen molar-refractivity contribution in [2.75, 3.05) is 5.73 Å². The number of anilines is 1. The van der Waals surface area contributed by atoms with Crippen LogP contribution >= 0.6 is 0 Å². The Balaban J connectivity index is 2.55. The molecule has 0 aliphatic rings. The molecule has 20 heavy (non-hydrogen) atoms. The van der Waals surface area contributed by atoms with Gasteiger partial charge in [-0.05, 0) is 28.7 Å². The first-order valence-electron chi connectivity index (χ1n) is 6.82. The molecule has 1 unspecified atom stereocenters. The molecule has 0 bridgehead atoms. The highest BCUT2D eigenvalue weighted by Crippen LogP contribution is 2.39. The van der Waals surface area contributed by atoms with Crippen molar-refractivity contribution in [2.45, 2.75) is 26.4 Å². The fraction of sp³-hybridized carbons (Fsp3) is 0.278. The molecular weight excluding hydrogens is 246 g/mol. The molecule has 2 nitrogen and oxygen atoms in total. The molecule has 0 saturated heterocycles.